The summed E-state index contributed by atoms with van der Waals surface area (Å²) < 4.78 is 16.9. The quantitative estimate of drug-likeness (QED) is 0.0261. The fourth-order valence-corrected chi connectivity index (χ4v) is 9.04. The average Bonchev–Trinajstić information content (AvgIpc) is 3.39. The number of rotatable bonds is 57. The van der Waals surface area contributed by atoms with Crippen LogP contribution < -0.4 is 0 Å². The minimum Gasteiger partial charge on any atom is -0.462 e. The summed E-state index contributed by atoms with van der Waals surface area (Å²) in [5.74, 6) is -0.894. The lowest BCUT2D eigenvalue weighted by Gasteiger charge is -2.18. The van der Waals surface area contributed by atoms with Crippen molar-refractivity contribution in [3.8, 4) is 0 Å². The van der Waals surface area contributed by atoms with Gasteiger partial charge in [0.05, 0.1) is 0 Å². The molecule has 0 aromatic carbocycles. The van der Waals surface area contributed by atoms with E-state index in [0.717, 1.165) is 83.5 Å². The summed E-state index contributed by atoms with van der Waals surface area (Å²) >= 11 is 0. The Labute approximate surface area is 453 Å². The van der Waals surface area contributed by atoms with Gasteiger partial charge in [-0.25, -0.2) is 0 Å². The summed E-state index contributed by atoms with van der Waals surface area (Å²) in [4.78, 5) is 38.3. The molecule has 1 atom stereocenters. The molecule has 1 unspecified atom stereocenters. The van der Waals surface area contributed by atoms with Gasteiger partial charge in [0.2, 0.25) is 0 Å². The highest BCUT2D eigenvalue weighted by atomic mass is 16.6. The maximum Gasteiger partial charge on any atom is 0.306 e. The van der Waals surface area contributed by atoms with Crippen molar-refractivity contribution in [3.05, 3.63) is 72.9 Å². The maximum absolute atomic E-state index is 12.9. The molecule has 0 aromatic rings. The second-order valence-corrected chi connectivity index (χ2v) is 21.1. The summed E-state index contributed by atoms with van der Waals surface area (Å²) in [6.45, 7) is 6.60. The smallest absolute Gasteiger partial charge is 0.306 e. The number of ether oxygens (including phenoxy) is 3. The minimum absolute atomic E-state index is 0.0834. The van der Waals surface area contributed by atoms with Crippen LogP contribution in [0.25, 0.3) is 0 Å². The third-order valence-corrected chi connectivity index (χ3v) is 13.8. The number of unbranched alkanes of at least 4 members (excludes halogenated alkanes) is 38. The van der Waals surface area contributed by atoms with Gasteiger partial charge < -0.3 is 14.2 Å². The number of esters is 3. The van der Waals surface area contributed by atoms with E-state index in [1.807, 2.05) is 0 Å². The Morgan fingerprint density at radius 3 is 0.808 bits per heavy atom. The lowest BCUT2D eigenvalue weighted by atomic mass is 10.0. The number of hydrogen-bond donors (Lipinski definition) is 0. The summed E-state index contributed by atoms with van der Waals surface area (Å²) in [7, 11) is 0. The van der Waals surface area contributed by atoms with Crippen LogP contribution in [0.1, 0.15) is 316 Å². The average molecular weight is 1020 g/mol. The van der Waals surface area contributed by atoms with E-state index in [2.05, 4.69) is 93.7 Å². The molecule has 0 fully saturated rings. The van der Waals surface area contributed by atoms with E-state index in [1.54, 1.807) is 0 Å². The third kappa shape index (κ3) is 59.6. The number of carbonyl (C=O) groups excluding carboxylic acids is 3. The Balaban J connectivity index is 4.41. The number of allylic oxidation sites excluding steroid dienone is 12. The van der Waals surface area contributed by atoms with E-state index in [0.29, 0.717) is 19.3 Å². The van der Waals surface area contributed by atoms with Crippen molar-refractivity contribution in [2.45, 2.75) is 322 Å². The molecule has 0 aliphatic rings. The molecule has 0 aliphatic carbocycles. The summed E-state index contributed by atoms with van der Waals surface area (Å²) in [5, 5.41) is 0. The van der Waals surface area contributed by atoms with Gasteiger partial charge in [-0.1, -0.05) is 299 Å². The summed E-state index contributed by atoms with van der Waals surface area (Å²) in [6.07, 6.45) is 78.9. The van der Waals surface area contributed by atoms with Gasteiger partial charge in [-0.3, -0.25) is 14.4 Å². The molecule has 0 aromatic heterocycles. The minimum atomic E-state index is -0.789. The largest absolute Gasteiger partial charge is 0.462 e. The predicted molar refractivity (Wildman–Crippen MR) is 316 cm³/mol. The standard InChI is InChI=1S/C67H118O6/c1-4-7-10-13-16-19-22-25-28-31-34-37-39-42-45-48-51-54-57-60-66(69)72-63-64(73-67(70)61-58-55-52-49-46-43-40-36-33-30-27-24-21-18-15-12-9-6-3)62-71-65(68)59-56-53-50-47-44-41-38-35-32-29-26-23-20-17-14-11-8-5-2/h16,18-19,21-22,24-25,27,30,33,36,40,64H,4-15,17,20,23,26,28-29,31-32,34-35,37-39,41-63H2,1-3H3/b19-16-,21-18-,25-22-,27-24-,33-30-,40-36-. The first-order valence-corrected chi connectivity index (χ1v) is 31.5. The van der Waals surface area contributed by atoms with Crippen LogP contribution >= 0.6 is 0 Å². The van der Waals surface area contributed by atoms with Crippen LogP contribution in [-0.2, 0) is 28.6 Å². The first-order chi connectivity index (χ1) is 36.0. The molecule has 422 valence electrons. The number of carbonyl (C=O) groups is 3. The zero-order valence-corrected chi connectivity index (χ0v) is 48.4. The van der Waals surface area contributed by atoms with Crippen molar-refractivity contribution in [1.29, 1.82) is 0 Å². The first-order valence-electron chi connectivity index (χ1n) is 31.5. The molecule has 0 bridgehead atoms. The van der Waals surface area contributed by atoms with Gasteiger partial charge >= 0.3 is 17.9 Å². The van der Waals surface area contributed by atoms with Crippen LogP contribution in [0.5, 0.6) is 0 Å². The molecule has 0 radical (unpaired) electrons. The van der Waals surface area contributed by atoms with Crippen molar-refractivity contribution >= 4 is 17.9 Å². The van der Waals surface area contributed by atoms with Crippen molar-refractivity contribution in [3.63, 3.8) is 0 Å². The van der Waals surface area contributed by atoms with Crippen LogP contribution in [0.3, 0.4) is 0 Å². The SMILES string of the molecule is CCCCC\C=C/C=C\C=C/C=C\CCCCCCCC(=O)OC(COC(=O)CCCCCCCCCCCC/C=C\C=C/CCCCC)COC(=O)CCCCCCCCCCCCCCCCCCCC. The third-order valence-electron chi connectivity index (χ3n) is 13.8. The fourth-order valence-electron chi connectivity index (χ4n) is 9.04. The highest BCUT2D eigenvalue weighted by Gasteiger charge is 2.19. The molecule has 6 nitrogen and oxygen atoms in total. The molecule has 0 rings (SSSR count). The Bertz CT molecular complexity index is 1360. The van der Waals surface area contributed by atoms with E-state index in [4.69, 9.17) is 14.2 Å². The summed E-state index contributed by atoms with van der Waals surface area (Å²) in [5.41, 5.74) is 0. The van der Waals surface area contributed by atoms with E-state index in [9.17, 15) is 14.4 Å². The van der Waals surface area contributed by atoms with Crippen LogP contribution in [0.4, 0.5) is 0 Å². The maximum atomic E-state index is 12.9. The van der Waals surface area contributed by atoms with E-state index in [1.165, 1.54) is 193 Å². The van der Waals surface area contributed by atoms with Gasteiger partial charge in [0.1, 0.15) is 13.2 Å². The van der Waals surface area contributed by atoms with Crippen molar-refractivity contribution in [2.75, 3.05) is 13.2 Å². The highest BCUT2D eigenvalue weighted by Crippen LogP contribution is 2.17. The monoisotopic (exact) mass is 1020 g/mol. The fraction of sp³-hybridized carbons (Fsp3) is 0.776. The Morgan fingerprint density at radius 1 is 0.274 bits per heavy atom. The van der Waals surface area contributed by atoms with Gasteiger partial charge in [-0.2, -0.15) is 0 Å². The van der Waals surface area contributed by atoms with E-state index < -0.39 is 6.10 Å². The van der Waals surface area contributed by atoms with Gasteiger partial charge in [0.15, 0.2) is 6.10 Å². The van der Waals surface area contributed by atoms with Gasteiger partial charge in [-0.05, 0) is 70.6 Å². The van der Waals surface area contributed by atoms with Crippen molar-refractivity contribution < 1.29 is 28.6 Å². The van der Waals surface area contributed by atoms with Crippen LogP contribution in [0, 0.1) is 0 Å². The molecule has 0 heterocycles. The lowest BCUT2D eigenvalue weighted by Crippen LogP contribution is -2.30. The first kappa shape index (κ1) is 69.8. The normalized spacial score (nSPS) is 12.5. The zero-order chi connectivity index (χ0) is 52.9. The van der Waals surface area contributed by atoms with E-state index in [-0.39, 0.29) is 31.1 Å². The van der Waals surface area contributed by atoms with Gasteiger partial charge in [0, 0.05) is 19.3 Å². The molecular formula is C67H118O6. The molecule has 6 heteroatoms. The van der Waals surface area contributed by atoms with Crippen molar-refractivity contribution in [2.24, 2.45) is 0 Å². The lowest BCUT2D eigenvalue weighted by molar-refractivity contribution is -0.167. The molecule has 0 saturated carbocycles. The zero-order valence-electron chi connectivity index (χ0n) is 48.4. The van der Waals surface area contributed by atoms with E-state index >= 15 is 0 Å². The van der Waals surface area contributed by atoms with Crippen LogP contribution in [0.2, 0.25) is 0 Å². The Kier molecular flexibility index (Phi) is 58.7. The Hall–Kier alpha value is -3.15. The number of hydrogen-bond acceptors (Lipinski definition) is 6. The Morgan fingerprint density at radius 2 is 0.493 bits per heavy atom. The molecular weight excluding hydrogens is 901 g/mol. The molecule has 0 aliphatic heterocycles. The van der Waals surface area contributed by atoms with Crippen LogP contribution in [-0.4, -0.2) is 37.2 Å². The summed E-state index contributed by atoms with van der Waals surface area (Å²) in [6, 6.07) is 0. The van der Waals surface area contributed by atoms with Gasteiger partial charge in [0.25, 0.3) is 0 Å². The van der Waals surface area contributed by atoms with Crippen molar-refractivity contribution in [1.82, 2.24) is 0 Å². The molecule has 0 saturated heterocycles. The van der Waals surface area contributed by atoms with Gasteiger partial charge in [-0.15, -0.1) is 0 Å². The van der Waals surface area contributed by atoms with Crippen LogP contribution in [0.15, 0.2) is 72.9 Å². The topological polar surface area (TPSA) is 78.9 Å². The molecule has 0 amide bonds. The molecule has 0 spiro atoms. The second kappa shape index (κ2) is 61.4. The molecule has 0 N–H and O–H groups in total. The molecule has 73 heavy (non-hydrogen) atoms. The highest BCUT2D eigenvalue weighted by molar-refractivity contribution is 5.71. The predicted octanol–water partition coefficient (Wildman–Crippen LogP) is 21.3. The second-order valence-electron chi connectivity index (χ2n) is 21.1.